The van der Waals surface area contributed by atoms with Crippen LogP contribution in [0.1, 0.15) is 5.69 Å². The smallest absolute Gasteiger partial charge is 0.144 e. The molecule has 2 aromatic heterocycles. The zero-order valence-electron chi connectivity index (χ0n) is 16.3. The van der Waals surface area contributed by atoms with E-state index < -0.39 is 0 Å². The quantitative estimate of drug-likeness (QED) is 0.284. The molecule has 3 aromatic carbocycles. The predicted molar refractivity (Wildman–Crippen MR) is 126 cm³/mol. The van der Waals surface area contributed by atoms with E-state index in [9.17, 15) is 0 Å². The van der Waals surface area contributed by atoms with Gasteiger partial charge in [0.2, 0.25) is 0 Å². The van der Waals surface area contributed by atoms with Gasteiger partial charge in [-0.25, -0.2) is 4.98 Å². The molecule has 0 aliphatic rings. The zero-order valence-corrected chi connectivity index (χ0v) is 17.8. The number of imidazole rings is 1. The Morgan fingerprint density at radius 1 is 0.667 bits per heavy atom. The van der Waals surface area contributed by atoms with Gasteiger partial charge in [0.15, 0.2) is 0 Å². The maximum Gasteiger partial charge on any atom is 0.144 e. The summed E-state index contributed by atoms with van der Waals surface area (Å²) in [6, 6.07) is 28.7. The van der Waals surface area contributed by atoms with E-state index in [1.807, 2.05) is 66.1 Å². The molecule has 0 amide bonds. The molecule has 0 saturated heterocycles. The lowest BCUT2D eigenvalue weighted by Crippen LogP contribution is -1.93. The largest absolute Gasteiger partial charge is 0.296 e. The third-order valence-corrected chi connectivity index (χ3v) is 5.96. The monoisotopic (exact) mass is 428 g/mol. The fourth-order valence-corrected chi connectivity index (χ4v) is 4.64. The van der Waals surface area contributed by atoms with Gasteiger partial charge in [-0.3, -0.25) is 4.40 Å². The number of aromatic nitrogens is 2. The lowest BCUT2D eigenvalue weighted by molar-refractivity contribution is 1.16. The minimum atomic E-state index is 0.592. The molecule has 0 radical (unpaired) electrons. The number of nitrogens with zero attached hydrogens (tertiary/aromatic N) is 2. The highest BCUT2D eigenvalue weighted by molar-refractivity contribution is 6.41. The van der Waals surface area contributed by atoms with Crippen molar-refractivity contribution in [2.24, 2.45) is 0 Å². The molecule has 146 valence electrons. The number of fused-ring (bicyclic) bond motifs is 1. The molecule has 0 aliphatic heterocycles. The summed E-state index contributed by atoms with van der Waals surface area (Å²) in [5.41, 5.74) is 6.91. The zero-order chi connectivity index (χ0) is 20.7. The summed E-state index contributed by atoms with van der Waals surface area (Å²) >= 11 is 13.6. The molecule has 0 N–H and O–H groups in total. The molecular weight excluding hydrogens is 411 g/mol. The maximum atomic E-state index is 6.90. The molecule has 0 atom stereocenters. The normalized spacial score (nSPS) is 11.2. The van der Waals surface area contributed by atoms with Gasteiger partial charge in [0, 0.05) is 17.3 Å². The lowest BCUT2D eigenvalue weighted by Gasteiger charge is -2.12. The maximum absolute atomic E-state index is 6.90. The lowest BCUT2D eigenvalue weighted by atomic mass is 10.0. The second-order valence-electron chi connectivity index (χ2n) is 7.21. The van der Waals surface area contributed by atoms with E-state index in [1.54, 1.807) is 0 Å². The van der Waals surface area contributed by atoms with Crippen molar-refractivity contribution in [3.8, 4) is 33.6 Å². The Bertz CT molecular complexity index is 1340. The molecule has 2 nitrogen and oxygen atoms in total. The average Bonchev–Trinajstić information content (AvgIpc) is 3.11. The third kappa shape index (κ3) is 3.19. The van der Waals surface area contributed by atoms with E-state index in [-0.39, 0.29) is 0 Å². The summed E-state index contributed by atoms with van der Waals surface area (Å²) in [4.78, 5) is 4.77. The number of hydrogen-bond acceptors (Lipinski definition) is 1. The van der Waals surface area contributed by atoms with Crippen LogP contribution in [0.2, 0.25) is 10.0 Å². The van der Waals surface area contributed by atoms with Gasteiger partial charge in [0.1, 0.15) is 5.82 Å². The average molecular weight is 429 g/mol. The fourth-order valence-electron chi connectivity index (χ4n) is 3.85. The summed E-state index contributed by atoms with van der Waals surface area (Å²) < 4.78 is 1.98. The van der Waals surface area contributed by atoms with Gasteiger partial charge in [-0.05, 0) is 23.6 Å². The van der Waals surface area contributed by atoms with Crippen LogP contribution < -0.4 is 0 Å². The van der Waals surface area contributed by atoms with Gasteiger partial charge in [-0.2, -0.15) is 0 Å². The van der Waals surface area contributed by atoms with Gasteiger partial charge >= 0.3 is 0 Å². The van der Waals surface area contributed by atoms with E-state index in [4.69, 9.17) is 28.2 Å². The minimum Gasteiger partial charge on any atom is -0.296 e. The van der Waals surface area contributed by atoms with Crippen molar-refractivity contribution < 1.29 is 0 Å². The molecule has 5 aromatic rings. The van der Waals surface area contributed by atoms with Crippen LogP contribution >= 0.6 is 23.2 Å². The van der Waals surface area contributed by atoms with Crippen molar-refractivity contribution in [1.82, 2.24) is 9.38 Å². The van der Waals surface area contributed by atoms with Crippen LogP contribution in [0.3, 0.4) is 0 Å². The molecule has 0 aliphatic carbocycles. The molecule has 0 fully saturated rings. The predicted octanol–water partition coefficient (Wildman–Crippen LogP) is 7.95. The second kappa shape index (κ2) is 7.64. The first-order valence-corrected chi connectivity index (χ1v) is 10.5. The van der Waals surface area contributed by atoms with Crippen molar-refractivity contribution in [1.29, 1.82) is 0 Å². The van der Waals surface area contributed by atoms with E-state index >= 15 is 0 Å². The number of halogens is 2. The SMILES string of the molecule is Cc1nc(-c2ccccc2)n2cc(Cl)c(-c3ccc(-c4ccccc4)cc3)c(Cl)c12. The first kappa shape index (κ1) is 18.9. The topological polar surface area (TPSA) is 17.3 Å². The Labute approximate surface area is 185 Å². The molecule has 0 spiro atoms. The van der Waals surface area contributed by atoms with Gasteiger partial charge in [-0.15, -0.1) is 0 Å². The second-order valence-corrected chi connectivity index (χ2v) is 8.00. The standard InChI is InChI=1S/C26H18Cl2N2/c1-17-25-24(28)23(20-14-12-19(13-15-20)18-8-4-2-5-9-18)22(27)16-30(25)26(29-17)21-10-6-3-7-11-21/h2-16H,1H3. The van der Waals surface area contributed by atoms with E-state index in [0.717, 1.165) is 39.3 Å². The Kier molecular flexibility index (Phi) is 4.82. The molecule has 0 unspecified atom stereocenters. The third-order valence-electron chi connectivity index (χ3n) is 5.31. The molecule has 30 heavy (non-hydrogen) atoms. The number of aryl methyl sites for hydroxylation is 1. The minimum absolute atomic E-state index is 0.592. The number of rotatable bonds is 3. The summed E-state index contributed by atoms with van der Waals surface area (Å²) in [7, 11) is 0. The number of hydrogen-bond donors (Lipinski definition) is 0. The molecule has 5 rings (SSSR count). The van der Waals surface area contributed by atoms with Crippen LogP contribution in [0.15, 0.2) is 91.1 Å². The van der Waals surface area contributed by atoms with Crippen molar-refractivity contribution in [2.75, 3.05) is 0 Å². The van der Waals surface area contributed by atoms with Crippen LogP contribution in [0.25, 0.3) is 39.2 Å². The first-order valence-electron chi connectivity index (χ1n) is 9.71. The van der Waals surface area contributed by atoms with Gasteiger partial charge in [-0.1, -0.05) is 108 Å². The van der Waals surface area contributed by atoms with E-state index in [0.29, 0.717) is 10.0 Å². The molecule has 0 saturated carbocycles. The van der Waals surface area contributed by atoms with Crippen molar-refractivity contribution in [2.45, 2.75) is 6.92 Å². The van der Waals surface area contributed by atoms with Gasteiger partial charge < -0.3 is 0 Å². The van der Waals surface area contributed by atoms with Crippen LogP contribution in [0.5, 0.6) is 0 Å². The van der Waals surface area contributed by atoms with Crippen molar-refractivity contribution in [3.05, 3.63) is 107 Å². The summed E-state index contributed by atoms with van der Waals surface area (Å²) in [5, 5.41) is 1.21. The Balaban J connectivity index is 1.65. The summed E-state index contributed by atoms with van der Waals surface area (Å²) in [5.74, 6) is 0.831. The van der Waals surface area contributed by atoms with Crippen LogP contribution in [0.4, 0.5) is 0 Å². The first-order chi connectivity index (χ1) is 14.6. The van der Waals surface area contributed by atoms with Crippen LogP contribution in [-0.4, -0.2) is 9.38 Å². The molecule has 0 bridgehead atoms. The van der Waals surface area contributed by atoms with Crippen molar-refractivity contribution in [3.63, 3.8) is 0 Å². The molecule has 2 heterocycles. The number of pyridine rings is 1. The molecule has 4 heteroatoms. The Hall–Kier alpha value is -3.07. The molecular formula is C26H18Cl2N2. The van der Waals surface area contributed by atoms with Gasteiger partial charge in [0.05, 0.1) is 21.3 Å². The summed E-state index contributed by atoms with van der Waals surface area (Å²) in [6.45, 7) is 1.98. The highest BCUT2D eigenvalue weighted by Gasteiger charge is 2.19. The Morgan fingerprint density at radius 3 is 1.83 bits per heavy atom. The van der Waals surface area contributed by atoms with Crippen LogP contribution in [0, 0.1) is 6.92 Å². The van der Waals surface area contributed by atoms with Gasteiger partial charge in [0.25, 0.3) is 0 Å². The van der Waals surface area contributed by atoms with Crippen molar-refractivity contribution >= 4 is 28.7 Å². The Morgan fingerprint density at radius 2 is 1.20 bits per heavy atom. The highest BCUT2D eigenvalue weighted by Crippen LogP contribution is 2.40. The summed E-state index contributed by atoms with van der Waals surface area (Å²) in [6.07, 6.45) is 1.91. The van der Waals surface area contributed by atoms with E-state index in [2.05, 4.69) is 36.4 Å². The van der Waals surface area contributed by atoms with Crippen LogP contribution in [-0.2, 0) is 0 Å². The highest BCUT2D eigenvalue weighted by atomic mass is 35.5. The number of benzene rings is 3. The fraction of sp³-hybridized carbons (Fsp3) is 0.0385. The van der Waals surface area contributed by atoms with E-state index in [1.165, 1.54) is 5.56 Å².